The summed E-state index contributed by atoms with van der Waals surface area (Å²) < 4.78 is 84.8. The van der Waals surface area contributed by atoms with Crippen LogP contribution >= 0.6 is 0 Å². The molecule has 646 valence electrons. The largest absolute Gasteiger partial charge is 0.447 e. The molecule has 4 aliphatic rings. The molecule has 33 heteroatoms. The summed E-state index contributed by atoms with van der Waals surface area (Å²) in [7, 11) is 0. The first-order valence-corrected chi connectivity index (χ1v) is 42.8. The van der Waals surface area contributed by atoms with Crippen LogP contribution in [0.2, 0.25) is 0 Å². The van der Waals surface area contributed by atoms with Crippen LogP contribution in [0.15, 0.2) is 0 Å². The van der Waals surface area contributed by atoms with E-state index in [0.29, 0.717) is 64.6 Å². The predicted octanol–water partition coefficient (Wildman–Crippen LogP) is 9.52. The lowest BCUT2D eigenvalue weighted by molar-refractivity contribution is -0.305. The van der Waals surface area contributed by atoms with Crippen molar-refractivity contribution in [1.82, 2.24) is 42.5 Å². The number of unbranched alkanes of at least 4 members (excludes halogenated alkanes) is 24. The van der Waals surface area contributed by atoms with Crippen molar-refractivity contribution in [2.75, 3.05) is 72.1 Å². The van der Waals surface area contributed by atoms with Gasteiger partial charge in [0.1, 0.15) is 49.3 Å². The molecule has 3 saturated heterocycles. The Kier molecular flexibility index (Phi) is 52.1. The third kappa shape index (κ3) is 37.7. The first-order valence-electron chi connectivity index (χ1n) is 42.8. The molecule has 7 amide bonds. The van der Waals surface area contributed by atoms with Crippen LogP contribution in [0.1, 0.15) is 267 Å². The summed E-state index contributed by atoms with van der Waals surface area (Å²) in [6.07, 6.45) is -0.942. The van der Waals surface area contributed by atoms with Crippen LogP contribution in [0, 0.1) is 0 Å². The highest BCUT2D eigenvalue weighted by atomic mass is 16.8. The fraction of sp³-hybridized carbons (Fsp3) is 0.910. The van der Waals surface area contributed by atoms with Crippen LogP contribution in [-0.4, -0.2) is 231 Å². The van der Waals surface area contributed by atoms with Gasteiger partial charge in [0.05, 0.1) is 12.1 Å². The molecule has 111 heavy (non-hydrogen) atoms. The summed E-state index contributed by atoms with van der Waals surface area (Å²) in [5.41, 5.74) is 35.2. The molecular formula is C78H149N13O20. The first-order chi connectivity index (χ1) is 53.8. The van der Waals surface area contributed by atoms with Crippen molar-refractivity contribution >= 4 is 42.7 Å². The lowest BCUT2D eigenvalue weighted by Gasteiger charge is -2.48. The number of carbonyl (C=O) groups is 7. The molecule has 0 unspecified atom stereocenters. The second-order valence-corrected chi connectivity index (χ2v) is 29.9. The Morgan fingerprint density at radius 1 is 0.297 bits per heavy atom. The summed E-state index contributed by atoms with van der Waals surface area (Å²) in [5.74, 6) is 0. The van der Waals surface area contributed by atoms with Crippen molar-refractivity contribution in [3.05, 3.63) is 0 Å². The molecule has 0 radical (unpaired) electrons. The number of rotatable bonds is 57. The molecule has 3 heterocycles. The summed E-state index contributed by atoms with van der Waals surface area (Å²) in [5, 5.41) is 23.2. The van der Waals surface area contributed by atoms with Gasteiger partial charge in [0.2, 0.25) is 0 Å². The van der Waals surface area contributed by atoms with E-state index in [1.165, 1.54) is 0 Å². The Hall–Kier alpha value is -5.59. The normalized spacial score (nSPS) is 27.1. The number of amides is 7. The van der Waals surface area contributed by atoms with Gasteiger partial charge in [0, 0.05) is 71.0 Å². The monoisotopic (exact) mass is 1590 g/mol. The summed E-state index contributed by atoms with van der Waals surface area (Å²) >= 11 is 0. The van der Waals surface area contributed by atoms with Gasteiger partial charge in [-0.05, 0) is 64.3 Å². The van der Waals surface area contributed by atoms with E-state index in [1.807, 2.05) is 0 Å². The average molecular weight is 1590 g/mol. The highest BCUT2D eigenvalue weighted by Gasteiger charge is 2.59. The van der Waals surface area contributed by atoms with Gasteiger partial charge >= 0.3 is 42.7 Å². The number of alkyl carbamates (subject to hydrolysis) is 7. The van der Waals surface area contributed by atoms with E-state index in [-0.39, 0.29) is 52.2 Å². The van der Waals surface area contributed by atoms with Gasteiger partial charge in [-0.25, -0.2) is 33.6 Å². The summed E-state index contributed by atoms with van der Waals surface area (Å²) in [6.45, 7) is 18.1. The lowest BCUT2D eigenvalue weighted by Crippen LogP contribution is -2.70. The Bertz CT molecular complexity index is 2510. The minimum Gasteiger partial charge on any atom is -0.447 e. The zero-order valence-corrected chi connectivity index (χ0v) is 68.6. The SMILES string of the molecule is CCCCCCNC[C@@H]1O[C@H](O[C@H]2[C@@H](OC(=O)NCCCCCC)[C@H](O[C@@H]3[C@@H](OC(=O)NCCCCCC)[C@H](N)C[C@H](N)[C@H]3O[C@@H]3O[C@H](CN)[C@@H](OC(=O)NCCCCCC)[C@H](OC(=O)NCCCCCC)[C@H]3N)O[C@@H]2COC(=O)NCCCCCC)[C@H](N)[C@@H](OC(=O)NCCCCCC)[C@@H]1OC(=O)NCCCCCC. The first kappa shape index (κ1) is 97.8. The van der Waals surface area contributed by atoms with E-state index in [2.05, 4.69) is 97.9 Å². The molecule has 19 atom stereocenters. The maximum absolute atomic E-state index is 14.6. The molecule has 0 aromatic rings. The molecule has 0 aromatic heterocycles. The number of hydrogen-bond acceptors (Lipinski definition) is 26. The molecule has 1 saturated carbocycles. The molecule has 0 bridgehead atoms. The number of carbonyl (C=O) groups excluding carboxylic acids is 7. The fourth-order valence-corrected chi connectivity index (χ4v) is 13.8. The van der Waals surface area contributed by atoms with Crippen molar-refractivity contribution < 1.29 is 95.1 Å². The maximum atomic E-state index is 14.6. The van der Waals surface area contributed by atoms with E-state index in [4.69, 9.17) is 90.2 Å². The second kappa shape index (κ2) is 59.1. The molecule has 1 aliphatic carbocycles. The van der Waals surface area contributed by atoms with Gasteiger partial charge in [0.25, 0.3) is 0 Å². The standard InChI is InChI=1S/C78H149N13O20/c1-9-17-25-33-41-84-51-56-63(108-75(95)88-45-37-29-21-13-5)66(110-77(97)90-47-39-31-23-15-7)59(83)70(101-56)104-64-57(52-99-72(92)85-42-34-26-18-10-2)102-71(68(64)111-78(98)91-48-40-32-24-16-8)105-67-60(53(80)49-54(81)61(67)106-73(93)86-43-35-27-19-11-3)103-69-58(82)65(109-76(96)89-46-38-30-22-14-6)62(55(50-79)100-69)107-74(94)87-44-36-28-20-12-4/h53-71,84H,9-52,79-83H2,1-8H3,(H,85,92)(H,86,93)(H,87,94)(H,88,95)(H,89,96)(H,90,97)(H,91,98)/t53-,54+,55+,56-,57+,58+,59+,60+,61-,62+,63+,64+,65+,66+,67-,68+,69-,70+,71-/m0/s1. The van der Waals surface area contributed by atoms with Crippen LogP contribution in [0.3, 0.4) is 0 Å². The number of hydrogen-bond donors (Lipinski definition) is 13. The average Bonchev–Trinajstić information content (AvgIpc) is 1.68. The van der Waals surface area contributed by atoms with Crippen molar-refractivity contribution in [2.24, 2.45) is 28.7 Å². The van der Waals surface area contributed by atoms with E-state index in [0.717, 1.165) is 161 Å². The van der Waals surface area contributed by atoms with E-state index in [1.54, 1.807) is 0 Å². The van der Waals surface area contributed by atoms with Gasteiger partial charge in [0.15, 0.2) is 49.4 Å². The molecule has 18 N–H and O–H groups in total. The van der Waals surface area contributed by atoms with E-state index in [9.17, 15) is 33.6 Å². The fourth-order valence-electron chi connectivity index (χ4n) is 13.8. The highest BCUT2D eigenvalue weighted by molar-refractivity contribution is 5.70. The van der Waals surface area contributed by atoms with Gasteiger partial charge in [-0.15, -0.1) is 0 Å². The van der Waals surface area contributed by atoms with Crippen molar-refractivity contribution in [3.8, 4) is 0 Å². The number of nitrogens with two attached hydrogens (primary N) is 5. The molecule has 0 aromatic carbocycles. The predicted molar refractivity (Wildman–Crippen MR) is 421 cm³/mol. The maximum Gasteiger partial charge on any atom is 0.407 e. The van der Waals surface area contributed by atoms with Crippen molar-refractivity contribution in [1.29, 1.82) is 0 Å². The molecule has 3 aliphatic heterocycles. The Labute approximate surface area is 662 Å². The number of ether oxygens (including phenoxy) is 13. The Morgan fingerprint density at radius 3 is 0.955 bits per heavy atom. The summed E-state index contributed by atoms with van der Waals surface area (Å²) in [6, 6.07) is -5.17. The molecule has 33 nitrogen and oxygen atoms in total. The van der Waals surface area contributed by atoms with Crippen LogP contribution in [0.5, 0.6) is 0 Å². The van der Waals surface area contributed by atoms with Gasteiger partial charge in [-0.3, -0.25) is 0 Å². The zero-order chi connectivity index (χ0) is 81.0. The zero-order valence-electron chi connectivity index (χ0n) is 68.6. The van der Waals surface area contributed by atoms with E-state index >= 15 is 0 Å². The van der Waals surface area contributed by atoms with Gasteiger partial charge in [-0.1, -0.05) is 209 Å². The quantitative estimate of drug-likeness (QED) is 0.0199. The lowest BCUT2D eigenvalue weighted by atomic mass is 9.84. The van der Waals surface area contributed by atoms with Crippen LogP contribution in [0.25, 0.3) is 0 Å². The van der Waals surface area contributed by atoms with Gasteiger partial charge in [-0.2, -0.15) is 0 Å². The number of nitrogens with one attached hydrogen (secondary N) is 8. The smallest absolute Gasteiger partial charge is 0.407 e. The molecular weight excluding hydrogens is 1440 g/mol. The molecule has 0 spiro atoms. The topological polar surface area (TPSA) is 466 Å². The third-order valence-electron chi connectivity index (χ3n) is 20.3. The van der Waals surface area contributed by atoms with Gasteiger partial charge < -0.3 is 133 Å². The highest BCUT2D eigenvalue weighted by Crippen LogP contribution is 2.38. The van der Waals surface area contributed by atoms with E-state index < -0.39 is 166 Å². The van der Waals surface area contributed by atoms with Crippen molar-refractivity contribution in [3.63, 3.8) is 0 Å². The van der Waals surface area contributed by atoms with Crippen LogP contribution < -0.4 is 71.2 Å². The second-order valence-electron chi connectivity index (χ2n) is 29.9. The van der Waals surface area contributed by atoms with Crippen LogP contribution in [-0.2, 0) is 61.6 Å². The minimum absolute atomic E-state index is 0.0307. The Morgan fingerprint density at radius 2 is 0.586 bits per heavy atom. The molecule has 4 fully saturated rings. The Balaban J connectivity index is 1.97. The third-order valence-corrected chi connectivity index (χ3v) is 20.3. The minimum atomic E-state index is -1.82. The van der Waals surface area contributed by atoms with Crippen molar-refractivity contribution in [2.45, 2.75) is 384 Å². The summed E-state index contributed by atoms with van der Waals surface area (Å²) in [4.78, 5) is 98.3. The molecule has 4 rings (SSSR count). The van der Waals surface area contributed by atoms with Crippen LogP contribution in [0.4, 0.5) is 33.6 Å².